The summed E-state index contributed by atoms with van der Waals surface area (Å²) in [5.41, 5.74) is 0. The van der Waals surface area contributed by atoms with Gasteiger partial charge in [-0.2, -0.15) is 0 Å². The molecule has 0 rings (SSSR count). The minimum atomic E-state index is 0.658. The van der Waals surface area contributed by atoms with Crippen molar-refractivity contribution in [1.82, 2.24) is 0 Å². The molecule has 0 aromatic rings. The first kappa shape index (κ1) is 7.11. The van der Waals surface area contributed by atoms with Crippen LogP contribution >= 0.6 is 0 Å². The first-order valence-electron chi connectivity index (χ1n) is 1.72. The summed E-state index contributed by atoms with van der Waals surface area (Å²) in [7, 11) is 1.67. The first-order valence-corrected chi connectivity index (χ1v) is 3.20. The van der Waals surface area contributed by atoms with Crippen LogP contribution in [0.3, 0.4) is 0 Å². The Hall–Kier alpha value is 1.11. The number of hydrogen-bond acceptors (Lipinski definition) is 2. The molecule has 3 heteroatoms. The molecular weight excluding hydrogens is 207 g/mol. The second-order valence-corrected chi connectivity index (χ2v) is 1.91. The zero-order chi connectivity index (χ0) is 4.83. The standard InChI is InChI=1S/C3H7O2.La/c1-5-3-2-4;/h2-3H2,1H3;/q-1;+1. The molecule has 0 fully saturated rings. The van der Waals surface area contributed by atoms with Crippen molar-refractivity contribution in [3.63, 3.8) is 0 Å². The molecule has 34 valence electrons. The van der Waals surface area contributed by atoms with E-state index in [-0.39, 0.29) is 0 Å². The van der Waals surface area contributed by atoms with Crippen LogP contribution in [-0.2, 0) is 6.44 Å². The molecule has 6 heavy (non-hydrogen) atoms. The number of ether oxygens (including phenoxy) is 1. The van der Waals surface area contributed by atoms with Crippen LogP contribution in [0.2, 0.25) is 0 Å². The molecule has 0 aromatic carbocycles. The molecule has 2 nitrogen and oxygen atoms in total. The topological polar surface area (TPSA) is 18.5 Å². The molecular formula is C3H7LaO2. The molecule has 0 amide bonds. The molecule has 0 bridgehead atoms. The van der Waals surface area contributed by atoms with Crippen LogP contribution < -0.4 is 0 Å². The molecule has 0 saturated heterocycles. The molecule has 0 aliphatic heterocycles. The van der Waals surface area contributed by atoms with Crippen molar-refractivity contribution in [2.75, 3.05) is 20.3 Å². The van der Waals surface area contributed by atoms with Gasteiger partial charge >= 0.3 is 61.0 Å². The third kappa shape index (κ3) is 5.11. The summed E-state index contributed by atoms with van der Waals surface area (Å²) in [6, 6.07) is 0. The molecule has 0 aliphatic rings. The van der Waals surface area contributed by atoms with Crippen LogP contribution in [0.4, 0.5) is 0 Å². The summed E-state index contributed by atoms with van der Waals surface area (Å²) in [6.45, 7) is 1.50. The Labute approximate surface area is 60.8 Å². The molecule has 0 radical (unpaired) electrons. The normalized spacial score (nSPS) is 8.67. The Kier molecular flexibility index (Phi) is 7.25. The molecule has 0 spiro atoms. The molecule has 0 saturated carbocycles. The predicted molar refractivity (Wildman–Crippen MR) is 17.8 cm³/mol. The zero-order valence-corrected chi connectivity index (χ0v) is 7.43. The van der Waals surface area contributed by atoms with Crippen molar-refractivity contribution in [2.45, 2.75) is 0 Å². The molecule has 0 aliphatic carbocycles. The predicted octanol–water partition coefficient (Wildman–Crippen LogP) is 0.114. The van der Waals surface area contributed by atoms with Crippen LogP contribution in [-0.4, -0.2) is 20.3 Å². The number of rotatable bonds is 3. The van der Waals surface area contributed by atoms with Crippen LogP contribution in [0.5, 0.6) is 0 Å². The fourth-order valence-electron chi connectivity index (χ4n) is 0.131. The summed E-state index contributed by atoms with van der Waals surface area (Å²) >= 11 is 0.658. The number of methoxy groups -OCH3 is 1. The Morgan fingerprint density at radius 1 is 1.50 bits per heavy atom. The van der Waals surface area contributed by atoms with Crippen LogP contribution in [0.1, 0.15) is 0 Å². The summed E-state index contributed by atoms with van der Waals surface area (Å²) in [5.74, 6) is 0. The second kappa shape index (κ2) is 6.11. The van der Waals surface area contributed by atoms with E-state index in [0.29, 0.717) is 34.3 Å². The van der Waals surface area contributed by atoms with Crippen LogP contribution in [0, 0.1) is 34.3 Å². The van der Waals surface area contributed by atoms with E-state index in [9.17, 15) is 0 Å². The summed E-state index contributed by atoms with van der Waals surface area (Å²) in [6.07, 6.45) is 0. The van der Waals surface area contributed by atoms with Crippen molar-refractivity contribution in [3.8, 4) is 0 Å². The average molecular weight is 214 g/mol. The van der Waals surface area contributed by atoms with Gasteiger partial charge in [0.2, 0.25) is 0 Å². The van der Waals surface area contributed by atoms with Gasteiger partial charge in [-0.3, -0.25) is 0 Å². The molecule has 0 N–H and O–H groups in total. The van der Waals surface area contributed by atoms with E-state index in [0.717, 1.165) is 13.2 Å². The fraction of sp³-hybridized carbons (Fsp3) is 1.00. The van der Waals surface area contributed by atoms with Crippen molar-refractivity contribution in [2.24, 2.45) is 0 Å². The van der Waals surface area contributed by atoms with Gasteiger partial charge in [0.05, 0.1) is 0 Å². The average Bonchev–Trinajstić information content (AvgIpc) is 1.61. The van der Waals surface area contributed by atoms with Gasteiger partial charge in [0.25, 0.3) is 0 Å². The Balaban J connectivity index is 2.34. The Bertz CT molecular complexity index is 20.8. The van der Waals surface area contributed by atoms with Crippen LogP contribution in [0.15, 0.2) is 0 Å². The van der Waals surface area contributed by atoms with E-state index in [4.69, 9.17) is 1.70 Å². The molecule has 0 aromatic heterocycles. The van der Waals surface area contributed by atoms with Gasteiger partial charge < -0.3 is 0 Å². The minimum absolute atomic E-state index is 0.658. The van der Waals surface area contributed by atoms with Gasteiger partial charge in [-0.15, -0.1) is 0 Å². The SMILES string of the molecule is COCC[O][La]. The summed E-state index contributed by atoms with van der Waals surface area (Å²) in [4.78, 5) is 0. The van der Waals surface area contributed by atoms with Crippen molar-refractivity contribution >= 4 is 0 Å². The maximum atomic E-state index is 4.82. The van der Waals surface area contributed by atoms with Gasteiger partial charge in [-0.1, -0.05) is 0 Å². The van der Waals surface area contributed by atoms with E-state index in [1.54, 1.807) is 7.11 Å². The van der Waals surface area contributed by atoms with Gasteiger partial charge in [-0.05, 0) is 0 Å². The first-order chi connectivity index (χ1) is 2.91. The molecule has 0 unspecified atom stereocenters. The van der Waals surface area contributed by atoms with E-state index >= 15 is 0 Å². The van der Waals surface area contributed by atoms with Crippen molar-refractivity contribution in [1.29, 1.82) is 0 Å². The Morgan fingerprint density at radius 2 is 2.17 bits per heavy atom. The Morgan fingerprint density at radius 3 is 2.33 bits per heavy atom. The third-order valence-corrected chi connectivity index (χ3v) is 1.15. The van der Waals surface area contributed by atoms with E-state index in [1.807, 2.05) is 0 Å². The van der Waals surface area contributed by atoms with Gasteiger partial charge in [-0.25, -0.2) is 0 Å². The molecule has 0 atom stereocenters. The molecule has 0 heterocycles. The maximum absolute atomic E-state index is 4.82. The van der Waals surface area contributed by atoms with E-state index in [1.165, 1.54) is 0 Å². The quantitative estimate of drug-likeness (QED) is 0.621. The van der Waals surface area contributed by atoms with Crippen LogP contribution in [0.25, 0.3) is 0 Å². The zero-order valence-electron chi connectivity index (χ0n) is 3.81. The van der Waals surface area contributed by atoms with E-state index in [2.05, 4.69) is 4.74 Å². The monoisotopic (exact) mass is 214 g/mol. The van der Waals surface area contributed by atoms with Crippen molar-refractivity contribution in [3.05, 3.63) is 0 Å². The van der Waals surface area contributed by atoms with Gasteiger partial charge in [0.15, 0.2) is 0 Å². The summed E-state index contributed by atoms with van der Waals surface area (Å²) in [5, 5.41) is 0. The van der Waals surface area contributed by atoms with Gasteiger partial charge in [0.1, 0.15) is 0 Å². The fourth-order valence-corrected chi connectivity index (χ4v) is 0.434. The second-order valence-electron chi connectivity index (χ2n) is 0.864. The number of hydrogen-bond donors (Lipinski definition) is 0. The van der Waals surface area contributed by atoms with Crippen molar-refractivity contribution < 1.29 is 40.7 Å². The van der Waals surface area contributed by atoms with Gasteiger partial charge in [0, 0.05) is 0 Å². The summed E-state index contributed by atoms with van der Waals surface area (Å²) < 4.78 is 9.51. The third-order valence-electron chi connectivity index (χ3n) is 0.405. The van der Waals surface area contributed by atoms with E-state index < -0.39 is 0 Å².